The summed E-state index contributed by atoms with van der Waals surface area (Å²) in [5.74, 6) is 0.136. The Morgan fingerprint density at radius 3 is 2.62 bits per heavy atom. The minimum atomic E-state index is 0.0190. The second-order valence-corrected chi connectivity index (χ2v) is 11.8. The van der Waals surface area contributed by atoms with Crippen molar-refractivity contribution < 1.29 is 9.59 Å². The highest BCUT2D eigenvalue weighted by Gasteiger charge is 2.38. The average molecular weight is 521 g/mol. The molecule has 0 N–H and O–H groups in total. The standard InChI is InChI=1S/C30H37ClN4O2/c1-32-13-15-34(16-14-32)24-7-4-6-23(18-24)33(2)29(36)21-9-11-25-20(17-21)10-12-27(25)35-19-22-5-3-8-26(31)28(22)30(35)37/h3,5,8-9,11,17,23-24,27H,4,6-7,10,12-16,18-19H2,1-2H3/t23-,24+,27+/m0/s1. The van der Waals surface area contributed by atoms with Gasteiger partial charge in [0.15, 0.2) is 0 Å². The lowest BCUT2D eigenvalue weighted by Gasteiger charge is -2.43. The van der Waals surface area contributed by atoms with Crippen molar-refractivity contribution in [2.24, 2.45) is 0 Å². The molecule has 2 aromatic rings. The van der Waals surface area contributed by atoms with Crippen LogP contribution in [0.25, 0.3) is 0 Å². The number of amides is 2. The second-order valence-electron chi connectivity index (χ2n) is 11.4. The summed E-state index contributed by atoms with van der Waals surface area (Å²) in [6.45, 7) is 5.13. The van der Waals surface area contributed by atoms with Crippen molar-refractivity contribution in [1.82, 2.24) is 19.6 Å². The Kier molecular flexibility index (Phi) is 6.76. The van der Waals surface area contributed by atoms with Crippen molar-refractivity contribution in [2.75, 3.05) is 40.3 Å². The zero-order valence-corrected chi connectivity index (χ0v) is 22.7. The number of aryl methyl sites for hydroxylation is 1. The predicted octanol–water partition coefficient (Wildman–Crippen LogP) is 4.61. The summed E-state index contributed by atoms with van der Waals surface area (Å²) < 4.78 is 0. The van der Waals surface area contributed by atoms with Crippen LogP contribution >= 0.6 is 11.6 Å². The number of piperazine rings is 1. The summed E-state index contributed by atoms with van der Waals surface area (Å²) in [5.41, 5.74) is 4.78. The van der Waals surface area contributed by atoms with E-state index >= 15 is 0 Å². The quantitative estimate of drug-likeness (QED) is 0.590. The molecule has 196 valence electrons. The third-order valence-electron chi connectivity index (χ3n) is 9.27. The predicted molar refractivity (Wildman–Crippen MR) is 146 cm³/mol. The maximum atomic E-state index is 13.6. The van der Waals surface area contributed by atoms with Crippen LogP contribution in [0.15, 0.2) is 36.4 Å². The van der Waals surface area contributed by atoms with Crippen LogP contribution in [0.2, 0.25) is 5.02 Å². The normalized spacial score (nSPS) is 26.3. The Bertz CT molecular complexity index is 1210. The fourth-order valence-corrected chi connectivity index (χ4v) is 7.30. The average Bonchev–Trinajstić information content (AvgIpc) is 3.49. The first kappa shape index (κ1) is 24.9. The number of likely N-dealkylation sites (N-methyl/N-ethyl adjacent to an activating group) is 1. The van der Waals surface area contributed by atoms with Gasteiger partial charge in [-0.1, -0.05) is 29.8 Å². The lowest BCUT2D eigenvalue weighted by Crippen LogP contribution is -2.52. The molecule has 2 heterocycles. The lowest BCUT2D eigenvalue weighted by atomic mass is 9.88. The Morgan fingerprint density at radius 1 is 1.03 bits per heavy atom. The number of halogens is 1. The number of hydrogen-bond donors (Lipinski definition) is 0. The highest BCUT2D eigenvalue weighted by atomic mass is 35.5. The number of benzene rings is 2. The molecule has 6 rings (SSSR count). The van der Waals surface area contributed by atoms with Crippen molar-refractivity contribution in [3.8, 4) is 0 Å². The van der Waals surface area contributed by atoms with Crippen LogP contribution in [0.4, 0.5) is 0 Å². The van der Waals surface area contributed by atoms with Crippen molar-refractivity contribution in [3.63, 3.8) is 0 Å². The molecule has 7 heteroatoms. The SMILES string of the molecule is CN1CCN([C@@H]2CCC[C@H](N(C)C(=O)c3ccc4c(c3)CC[C@H]4N3Cc4cccc(Cl)c4C3=O)C2)CC1. The molecule has 2 aliphatic heterocycles. The highest BCUT2D eigenvalue weighted by molar-refractivity contribution is 6.34. The van der Waals surface area contributed by atoms with Gasteiger partial charge in [-0.05, 0) is 80.5 Å². The molecule has 0 unspecified atom stereocenters. The molecule has 0 radical (unpaired) electrons. The van der Waals surface area contributed by atoms with Crippen LogP contribution < -0.4 is 0 Å². The largest absolute Gasteiger partial charge is 0.339 e. The first-order valence-corrected chi connectivity index (χ1v) is 14.2. The van der Waals surface area contributed by atoms with Gasteiger partial charge in [-0.2, -0.15) is 0 Å². The van der Waals surface area contributed by atoms with E-state index in [2.05, 4.69) is 29.0 Å². The Morgan fingerprint density at radius 2 is 1.84 bits per heavy atom. The van der Waals surface area contributed by atoms with Crippen LogP contribution in [0, 0.1) is 0 Å². The Balaban J connectivity index is 1.14. The van der Waals surface area contributed by atoms with Crippen molar-refractivity contribution in [3.05, 3.63) is 69.2 Å². The van der Waals surface area contributed by atoms with Gasteiger partial charge in [0.05, 0.1) is 16.6 Å². The van der Waals surface area contributed by atoms with E-state index in [9.17, 15) is 9.59 Å². The molecule has 2 fully saturated rings. The summed E-state index contributed by atoms with van der Waals surface area (Å²) in [6.07, 6.45) is 6.34. The molecule has 0 spiro atoms. The van der Waals surface area contributed by atoms with Crippen LogP contribution in [0.3, 0.4) is 0 Å². The monoisotopic (exact) mass is 520 g/mol. The molecule has 2 aromatic carbocycles. The van der Waals surface area contributed by atoms with Gasteiger partial charge in [0.1, 0.15) is 0 Å². The summed E-state index contributed by atoms with van der Waals surface area (Å²) >= 11 is 6.35. The van der Waals surface area contributed by atoms with Crippen LogP contribution in [0.5, 0.6) is 0 Å². The number of hydrogen-bond acceptors (Lipinski definition) is 4. The molecule has 4 aliphatic rings. The molecule has 0 bridgehead atoms. The van der Waals surface area contributed by atoms with E-state index in [4.69, 9.17) is 11.6 Å². The van der Waals surface area contributed by atoms with Gasteiger partial charge in [0, 0.05) is 57.4 Å². The molecule has 6 nitrogen and oxygen atoms in total. The van der Waals surface area contributed by atoms with Crippen LogP contribution in [0.1, 0.15) is 75.6 Å². The zero-order valence-electron chi connectivity index (χ0n) is 22.0. The highest BCUT2D eigenvalue weighted by Crippen LogP contribution is 2.42. The van der Waals surface area contributed by atoms with Gasteiger partial charge >= 0.3 is 0 Å². The van der Waals surface area contributed by atoms with Gasteiger partial charge in [0.25, 0.3) is 11.8 Å². The summed E-state index contributed by atoms with van der Waals surface area (Å²) in [6, 6.07) is 12.7. The molecule has 1 saturated carbocycles. The van der Waals surface area contributed by atoms with E-state index in [0.29, 0.717) is 23.2 Å². The first-order chi connectivity index (χ1) is 17.9. The summed E-state index contributed by atoms with van der Waals surface area (Å²) in [5, 5.41) is 0.532. The number of carbonyl (C=O) groups excluding carboxylic acids is 2. The van der Waals surface area contributed by atoms with Crippen molar-refractivity contribution in [2.45, 2.75) is 63.2 Å². The summed E-state index contributed by atoms with van der Waals surface area (Å²) in [7, 11) is 4.18. The molecule has 2 amide bonds. The minimum absolute atomic E-state index is 0.0190. The molecule has 1 saturated heterocycles. The summed E-state index contributed by atoms with van der Waals surface area (Å²) in [4.78, 5) is 35.8. The lowest BCUT2D eigenvalue weighted by molar-refractivity contribution is 0.0495. The molecule has 37 heavy (non-hydrogen) atoms. The van der Waals surface area contributed by atoms with E-state index in [1.165, 1.54) is 24.0 Å². The van der Waals surface area contributed by atoms with Gasteiger partial charge in [-0.15, -0.1) is 0 Å². The fourth-order valence-electron chi connectivity index (χ4n) is 7.02. The number of nitrogens with zero attached hydrogens (tertiary/aromatic N) is 4. The first-order valence-electron chi connectivity index (χ1n) is 13.8. The minimum Gasteiger partial charge on any atom is -0.339 e. The molecule has 3 atom stereocenters. The van der Waals surface area contributed by atoms with Gasteiger partial charge in [0.2, 0.25) is 0 Å². The van der Waals surface area contributed by atoms with Crippen LogP contribution in [-0.2, 0) is 13.0 Å². The van der Waals surface area contributed by atoms with Crippen molar-refractivity contribution >= 4 is 23.4 Å². The van der Waals surface area contributed by atoms with E-state index in [1.807, 2.05) is 35.0 Å². The number of carbonyl (C=O) groups is 2. The van der Waals surface area contributed by atoms with E-state index in [0.717, 1.165) is 63.0 Å². The van der Waals surface area contributed by atoms with E-state index in [-0.39, 0.29) is 23.9 Å². The molecule has 0 aromatic heterocycles. The Labute approximate surface area is 225 Å². The maximum absolute atomic E-state index is 13.6. The van der Waals surface area contributed by atoms with E-state index < -0.39 is 0 Å². The number of fused-ring (bicyclic) bond motifs is 2. The van der Waals surface area contributed by atoms with Crippen LogP contribution in [-0.4, -0.2) is 83.8 Å². The third-order valence-corrected chi connectivity index (χ3v) is 9.58. The maximum Gasteiger partial charge on any atom is 0.256 e. The third kappa shape index (κ3) is 4.58. The molecular formula is C30H37ClN4O2. The van der Waals surface area contributed by atoms with Crippen molar-refractivity contribution in [1.29, 1.82) is 0 Å². The van der Waals surface area contributed by atoms with Gasteiger partial charge < -0.3 is 14.7 Å². The molecular weight excluding hydrogens is 484 g/mol. The van der Waals surface area contributed by atoms with Gasteiger partial charge in [-0.25, -0.2) is 0 Å². The van der Waals surface area contributed by atoms with Gasteiger partial charge in [-0.3, -0.25) is 14.5 Å². The molecule has 2 aliphatic carbocycles. The topological polar surface area (TPSA) is 47.1 Å². The Hall–Kier alpha value is -2.41. The second kappa shape index (κ2) is 10.0. The fraction of sp³-hybridized carbons (Fsp3) is 0.533. The van der Waals surface area contributed by atoms with E-state index in [1.54, 1.807) is 6.07 Å². The smallest absolute Gasteiger partial charge is 0.256 e. The number of rotatable bonds is 4. The zero-order chi connectivity index (χ0) is 25.7.